The molecule has 72 valence electrons. The van der Waals surface area contributed by atoms with E-state index in [0.29, 0.717) is 27.9 Å². The highest BCUT2D eigenvalue weighted by atomic mass is 32.1. The maximum Gasteiger partial charge on any atom is 0.266 e. The van der Waals surface area contributed by atoms with Crippen LogP contribution in [0.25, 0.3) is 11.1 Å². The first-order valence-corrected chi connectivity index (χ1v) is 4.78. The fourth-order valence-corrected chi connectivity index (χ4v) is 1.59. The van der Waals surface area contributed by atoms with Gasteiger partial charge < -0.3 is 9.40 Å². The minimum Gasteiger partial charge on any atom is -0.429 e. The largest absolute Gasteiger partial charge is 0.429 e. The maximum absolute atomic E-state index is 11.5. The molecule has 0 aliphatic heterocycles. The Hall–Kier alpha value is -1.42. The van der Waals surface area contributed by atoms with Gasteiger partial charge in [-0.1, -0.05) is 13.0 Å². The number of nitrogens with one attached hydrogen (secondary N) is 1. The minimum atomic E-state index is 0.0858. The number of carbonyl (C=O) groups excluding carboxylic acids is 1. The van der Waals surface area contributed by atoms with Gasteiger partial charge >= 0.3 is 0 Å². The third kappa shape index (κ3) is 1.37. The van der Waals surface area contributed by atoms with Crippen LogP contribution in [0.5, 0.6) is 0 Å². The van der Waals surface area contributed by atoms with Crippen molar-refractivity contribution in [3.05, 3.63) is 28.6 Å². The molecule has 0 spiro atoms. The molecule has 4 heteroatoms. The van der Waals surface area contributed by atoms with Crippen LogP contribution in [0, 0.1) is 4.84 Å². The highest BCUT2D eigenvalue weighted by Gasteiger charge is 2.10. The number of hydrogen-bond donors (Lipinski definition) is 1. The van der Waals surface area contributed by atoms with Crippen molar-refractivity contribution in [2.24, 2.45) is 0 Å². The van der Waals surface area contributed by atoms with Crippen molar-refractivity contribution in [1.82, 2.24) is 4.98 Å². The molecule has 1 aromatic heterocycles. The molecule has 1 aromatic carbocycles. The van der Waals surface area contributed by atoms with Crippen molar-refractivity contribution >= 4 is 29.1 Å². The summed E-state index contributed by atoms with van der Waals surface area (Å²) in [5, 5.41) is 0. The van der Waals surface area contributed by atoms with Gasteiger partial charge in [-0.05, 0) is 24.4 Å². The second-order valence-electron chi connectivity index (χ2n) is 2.97. The minimum absolute atomic E-state index is 0.0858. The van der Waals surface area contributed by atoms with Crippen LogP contribution in [0.1, 0.15) is 23.7 Å². The van der Waals surface area contributed by atoms with Crippen LogP contribution in [0.15, 0.2) is 22.6 Å². The molecule has 0 atom stereocenters. The summed E-state index contributed by atoms with van der Waals surface area (Å²) in [6.45, 7) is 1.83. The zero-order valence-corrected chi connectivity index (χ0v) is 8.48. The lowest BCUT2D eigenvalue weighted by Crippen LogP contribution is -1.96. The van der Waals surface area contributed by atoms with E-state index in [2.05, 4.69) is 4.98 Å². The Morgan fingerprint density at radius 1 is 1.57 bits per heavy atom. The molecule has 0 saturated carbocycles. The Labute approximate surface area is 85.7 Å². The first-order chi connectivity index (χ1) is 6.72. The first kappa shape index (κ1) is 9.15. The van der Waals surface area contributed by atoms with Crippen LogP contribution in [0.2, 0.25) is 0 Å². The number of fused-ring (bicyclic) bond motifs is 1. The van der Waals surface area contributed by atoms with Gasteiger partial charge in [-0.15, -0.1) is 0 Å². The van der Waals surface area contributed by atoms with E-state index in [0.717, 1.165) is 0 Å². The summed E-state index contributed by atoms with van der Waals surface area (Å²) in [7, 11) is 0. The SMILES string of the molecule is CCC(=O)c1cccc2oc(=S)[nH]c12. The quantitative estimate of drug-likeness (QED) is 0.608. The number of rotatable bonds is 2. The van der Waals surface area contributed by atoms with Crippen LogP contribution in [0.4, 0.5) is 0 Å². The number of oxazole rings is 1. The average molecular weight is 207 g/mol. The lowest BCUT2D eigenvalue weighted by Gasteiger charge is -1.97. The van der Waals surface area contributed by atoms with Gasteiger partial charge in [0.2, 0.25) is 0 Å². The van der Waals surface area contributed by atoms with Crippen LogP contribution in [-0.4, -0.2) is 10.8 Å². The third-order valence-corrected chi connectivity index (χ3v) is 2.26. The Bertz CT molecular complexity index is 538. The smallest absolute Gasteiger partial charge is 0.266 e. The van der Waals surface area contributed by atoms with E-state index in [9.17, 15) is 4.79 Å². The van der Waals surface area contributed by atoms with Crippen molar-refractivity contribution in [1.29, 1.82) is 0 Å². The summed E-state index contributed by atoms with van der Waals surface area (Å²) in [6.07, 6.45) is 0.477. The molecular formula is C10H9NO2S. The summed E-state index contributed by atoms with van der Waals surface area (Å²) in [5.74, 6) is 0.0858. The number of aromatic amines is 1. The maximum atomic E-state index is 11.5. The Morgan fingerprint density at radius 2 is 2.36 bits per heavy atom. The third-order valence-electron chi connectivity index (χ3n) is 2.08. The standard InChI is InChI=1S/C10H9NO2S/c1-2-7(12)6-4-3-5-8-9(6)11-10(14)13-8/h3-5H,2H2,1H3,(H,11,14). The molecular weight excluding hydrogens is 198 g/mol. The normalized spacial score (nSPS) is 10.6. The molecule has 2 rings (SSSR count). The van der Waals surface area contributed by atoms with Crippen molar-refractivity contribution in [3.63, 3.8) is 0 Å². The molecule has 0 bridgehead atoms. The van der Waals surface area contributed by atoms with Crippen LogP contribution in [-0.2, 0) is 0 Å². The summed E-state index contributed by atoms with van der Waals surface area (Å²) in [5.41, 5.74) is 1.98. The molecule has 0 unspecified atom stereocenters. The van der Waals surface area contributed by atoms with Gasteiger partial charge in [-0.3, -0.25) is 4.79 Å². The number of ketones is 1. The van der Waals surface area contributed by atoms with E-state index in [4.69, 9.17) is 16.6 Å². The van der Waals surface area contributed by atoms with Crippen molar-refractivity contribution in [2.75, 3.05) is 0 Å². The van der Waals surface area contributed by atoms with Crippen LogP contribution >= 0.6 is 12.2 Å². The molecule has 0 saturated heterocycles. The lowest BCUT2D eigenvalue weighted by atomic mass is 10.1. The second kappa shape index (κ2) is 3.38. The predicted molar refractivity (Wildman–Crippen MR) is 56.0 cm³/mol. The van der Waals surface area contributed by atoms with Gasteiger partial charge in [0, 0.05) is 12.0 Å². The lowest BCUT2D eigenvalue weighted by molar-refractivity contribution is 0.0989. The van der Waals surface area contributed by atoms with Gasteiger partial charge in [0.15, 0.2) is 11.4 Å². The van der Waals surface area contributed by atoms with Gasteiger partial charge in [-0.2, -0.15) is 0 Å². The molecule has 0 amide bonds. The molecule has 0 fully saturated rings. The van der Waals surface area contributed by atoms with Crippen molar-refractivity contribution in [2.45, 2.75) is 13.3 Å². The summed E-state index contributed by atoms with van der Waals surface area (Å²) >= 11 is 4.86. The highest BCUT2D eigenvalue weighted by Crippen LogP contribution is 2.18. The van der Waals surface area contributed by atoms with Gasteiger partial charge in [0.05, 0.1) is 5.52 Å². The summed E-state index contributed by atoms with van der Waals surface area (Å²) < 4.78 is 5.21. The van der Waals surface area contributed by atoms with E-state index >= 15 is 0 Å². The zero-order chi connectivity index (χ0) is 10.1. The molecule has 0 aliphatic carbocycles. The molecule has 14 heavy (non-hydrogen) atoms. The first-order valence-electron chi connectivity index (χ1n) is 4.37. The summed E-state index contributed by atoms with van der Waals surface area (Å²) in [4.78, 5) is 14.7. The van der Waals surface area contributed by atoms with Crippen molar-refractivity contribution in [3.8, 4) is 0 Å². The number of hydrogen-bond acceptors (Lipinski definition) is 3. The number of para-hydroxylation sites is 1. The molecule has 2 aromatic rings. The second-order valence-corrected chi connectivity index (χ2v) is 3.34. The fourth-order valence-electron chi connectivity index (χ4n) is 1.40. The topological polar surface area (TPSA) is 46.0 Å². The van der Waals surface area contributed by atoms with Crippen LogP contribution < -0.4 is 0 Å². The van der Waals surface area contributed by atoms with Crippen LogP contribution in [0.3, 0.4) is 0 Å². The van der Waals surface area contributed by atoms with Gasteiger partial charge in [0.1, 0.15) is 0 Å². The van der Waals surface area contributed by atoms with Gasteiger partial charge in [0.25, 0.3) is 4.84 Å². The monoisotopic (exact) mass is 207 g/mol. The van der Waals surface area contributed by atoms with E-state index < -0.39 is 0 Å². The van der Waals surface area contributed by atoms with Crippen molar-refractivity contribution < 1.29 is 9.21 Å². The number of aromatic nitrogens is 1. The fraction of sp³-hybridized carbons (Fsp3) is 0.200. The molecule has 0 aliphatic rings. The molecule has 3 nitrogen and oxygen atoms in total. The molecule has 1 heterocycles. The zero-order valence-electron chi connectivity index (χ0n) is 7.66. The average Bonchev–Trinajstić information content (AvgIpc) is 2.56. The summed E-state index contributed by atoms with van der Waals surface area (Å²) in [6, 6.07) is 5.35. The van der Waals surface area contributed by atoms with E-state index in [1.165, 1.54) is 0 Å². The Morgan fingerprint density at radius 3 is 3.07 bits per heavy atom. The molecule has 1 N–H and O–H groups in total. The Balaban J connectivity index is 2.76. The predicted octanol–water partition coefficient (Wildman–Crippen LogP) is 3.08. The van der Waals surface area contributed by atoms with E-state index in [-0.39, 0.29) is 5.78 Å². The number of benzene rings is 1. The van der Waals surface area contributed by atoms with E-state index in [1.807, 2.05) is 6.92 Å². The number of Topliss-reactive ketones (excluding diaryl/α,β-unsaturated/α-hetero) is 1. The Kier molecular flexibility index (Phi) is 2.21. The van der Waals surface area contributed by atoms with E-state index in [1.54, 1.807) is 18.2 Å². The molecule has 0 radical (unpaired) electrons. The number of carbonyl (C=O) groups is 1. The highest BCUT2D eigenvalue weighted by molar-refractivity contribution is 7.71. The van der Waals surface area contributed by atoms with Gasteiger partial charge in [-0.25, -0.2) is 0 Å². The number of H-pyrrole nitrogens is 1.